The van der Waals surface area contributed by atoms with E-state index in [0.29, 0.717) is 0 Å². The van der Waals surface area contributed by atoms with E-state index in [1.807, 2.05) is 30.3 Å². The predicted octanol–water partition coefficient (Wildman–Crippen LogP) is 2.67. The van der Waals surface area contributed by atoms with Crippen molar-refractivity contribution in [3.05, 3.63) is 54.6 Å². The van der Waals surface area contributed by atoms with E-state index in [0.717, 1.165) is 11.1 Å². The molecule has 0 aromatic heterocycles. The molecule has 0 aliphatic rings. The van der Waals surface area contributed by atoms with Gasteiger partial charge in [0.15, 0.2) is 5.56 Å². The van der Waals surface area contributed by atoms with Crippen LogP contribution in [0.1, 0.15) is 11.1 Å². The van der Waals surface area contributed by atoms with Crippen molar-refractivity contribution in [3.63, 3.8) is 0 Å². The molecule has 0 fully saturated rings. The maximum atomic E-state index is 3.65. The highest BCUT2D eigenvalue weighted by atomic mass is 13.9. The van der Waals surface area contributed by atoms with Gasteiger partial charge in [-0.3, -0.25) is 0 Å². The Morgan fingerprint density at radius 2 is 1.80 bits per heavy atom. The summed E-state index contributed by atoms with van der Waals surface area (Å²) in [6.45, 7) is 7.19. The quantitative estimate of drug-likeness (QED) is 0.538. The molecule has 0 bridgehead atoms. The zero-order valence-electron chi connectivity index (χ0n) is 5.80. The van der Waals surface area contributed by atoms with Crippen molar-refractivity contribution in [1.82, 2.24) is 0 Å². The third kappa shape index (κ3) is 1.31. The first-order valence-corrected chi connectivity index (χ1v) is 3.12. The second-order valence-corrected chi connectivity index (χ2v) is 2.00. The van der Waals surface area contributed by atoms with Crippen LogP contribution in [-0.2, 0) is 0 Å². The third-order valence-electron chi connectivity index (χ3n) is 1.35. The molecule has 0 aliphatic carbocycles. The number of hydrogen-bond acceptors (Lipinski definition) is 0. The van der Waals surface area contributed by atoms with Crippen LogP contribution in [0.4, 0.5) is 0 Å². The van der Waals surface area contributed by atoms with E-state index in [9.17, 15) is 0 Å². The molecule has 10 heavy (non-hydrogen) atoms. The van der Waals surface area contributed by atoms with Crippen LogP contribution in [0, 0.1) is 6.08 Å². The molecule has 0 unspecified atom stereocenters. The van der Waals surface area contributed by atoms with Crippen molar-refractivity contribution < 1.29 is 0 Å². The Labute approximate surface area is 61.5 Å². The van der Waals surface area contributed by atoms with E-state index in [4.69, 9.17) is 0 Å². The van der Waals surface area contributed by atoms with Gasteiger partial charge in [-0.15, -0.1) is 0 Å². The molecule has 0 spiro atoms. The lowest BCUT2D eigenvalue weighted by atomic mass is 10.1. The van der Waals surface area contributed by atoms with E-state index in [-0.39, 0.29) is 0 Å². The minimum Gasteiger partial charge on any atom is -0.0984 e. The van der Waals surface area contributed by atoms with Crippen molar-refractivity contribution in [3.8, 4) is 0 Å². The summed E-state index contributed by atoms with van der Waals surface area (Å²) < 4.78 is 0. The van der Waals surface area contributed by atoms with E-state index >= 15 is 0 Å². The van der Waals surface area contributed by atoms with Crippen LogP contribution in [-0.4, -0.2) is 0 Å². The first-order valence-electron chi connectivity index (χ1n) is 3.12. The zero-order chi connectivity index (χ0) is 7.40. The molecule has 48 valence electrons. The number of hydrogen-bond donors (Lipinski definition) is 0. The summed E-state index contributed by atoms with van der Waals surface area (Å²) in [4.78, 5) is 0. The Balaban J connectivity index is 3.00. The van der Waals surface area contributed by atoms with Gasteiger partial charge in [0.25, 0.3) is 0 Å². The zero-order valence-corrected chi connectivity index (χ0v) is 5.80. The monoisotopic (exact) mass is 129 g/mol. The van der Waals surface area contributed by atoms with E-state index in [1.54, 1.807) is 0 Å². The molecule has 1 aromatic rings. The van der Waals surface area contributed by atoms with E-state index < -0.39 is 0 Å². The lowest BCUT2D eigenvalue weighted by Gasteiger charge is -1.84. The van der Waals surface area contributed by atoms with Crippen LogP contribution in [0.25, 0.3) is 6.08 Å². The highest BCUT2D eigenvalue weighted by Crippen LogP contribution is 2.04. The molecule has 0 amide bonds. The molecule has 0 radical (unpaired) electrons. The number of benzene rings is 1. The summed E-state index contributed by atoms with van der Waals surface area (Å²) in [5, 5.41) is 0. The fourth-order valence-electron chi connectivity index (χ4n) is 0.737. The van der Waals surface area contributed by atoms with Crippen molar-refractivity contribution in [1.29, 1.82) is 0 Å². The summed E-state index contributed by atoms with van der Waals surface area (Å²) in [5.41, 5.74) is 2.14. The Hall–Kier alpha value is -1.39. The van der Waals surface area contributed by atoms with Gasteiger partial charge >= 0.3 is 0 Å². The van der Waals surface area contributed by atoms with Gasteiger partial charge in [-0.05, 0) is 0 Å². The highest BCUT2D eigenvalue weighted by molar-refractivity contribution is 5.47. The van der Waals surface area contributed by atoms with Crippen LogP contribution < -0.4 is 0 Å². The summed E-state index contributed by atoms with van der Waals surface area (Å²) >= 11 is 0. The maximum Gasteiger partial charge on any atom is 0.187 e. The molecular weight excluding hydrogens is 120 g/mol. The van der Waals surface area contributed by atoms with Crippen molar-refractivity contribution in [2.45, 2.75) is 0 Å². The van der Waals surface area contributed by atoms with Gasteiger partial charge in [-0.1, -0.05) is 12.7 Å². The smallest absolute Gasteiger partial charge is 0.0984 e. The van der Waals surface area contributed by atoms with Crippen molar-refractivity contribution >= 4 is 6.08 Å². The minimum atomic E-state index is 1.02. The fraction of sp³-hybridized carbons (Fsp3) is 0. The SMILES string of the molecule is C=[C+]c1ccc(C=C)cc1. The molecular formula is C10H9+. The average molecular weight is 129 g/mol. The van der Waals surface area contributed by atoms with Crippen molar-refractivity contribution in [2.75, 3.05) is 0 Å². The summed E-state index contributed by atoms with van der Waals surface area (Å²) in [7, 11) is 0. The Morgan fingerprint density at radius 3 is 2.20 bits per heavy atom. The van der Waals surface area contributed by atoms with Gasteiger partial charge in [0.05, 0.1) is 12.1 Å². The first kappa shape index (κ1) is 6.73. The standard InChI is InChI=1S/C10H9/c1-3-9-5-7-10(4-2)8-6-9/h3,5-8H,1-2H2/q+1. The molecule has 1 aromatic carbocycles. The molecule has 0 N–H and O–H groups in total. The second kappa shape index (κ2) is 2.95. The molecule has 0 saturated heterocycles. The van der Waals surface area contributed by atoms with Crippen LogP contribution in [0.3, 0.4) is 0 Å². The van der Waals surface area contributed by atoms with Crippen LogP contribution in [0.15, 0.2) is 37.4 Å². The van der Waals surface area contributed by atoms with Gasteiger partial charge in [-0.25, -0.2) is 0 Å². The fourth-order valence-corrected chi connectivity index (χ4v) is 0.737. The molecule has 0 aliphatic heterocycles. The normalized spacial score (nSPS) is 8.40. The van der Waals surface area contributed by atoms with Gasteiger partial charge < -0.3 is 0 Å². The van der Waals surface area contributed by atoms with Gasteiger partial charge in [0.1, 0.15) is 0 Å². The predicted molar refractivity (Wildman–Crippen MR) is 44.5 cm³/mol. The van der Waals surface area contributed by atoms with Crippen LogP contribution in [0.5, 0.6) is 0 Å². The van der Waals surface area contributed by atoms with Gasteiger partial charge in [-0.2, -0.15) is 0 Å². The second-order valence-electron chi connectivity index (χ2n) is 2.00. The largest absolute Gasteiger partial charge is 0.187 e. The highest BCUT2D eigenvalue weighted by Gasteiger charge is 1.94. The third-order valence-corrected chi connectivity index (χ3v) is 1.35. The molecule has 0 heterocycles. The average Bonchev–Trinajstić information content (AvgIpc) is 2.05. The van der Waals surface area contributed by atoms with Gasteiger partial charge in [0.2, 0.25) is 0 Å². The van der Waals surface area contributed by atoms with Crippen LogP contribution in [0.2, 0.25) is 0 Å². The van der Waals surface area contributed by atoms with Gasteiger partial charge in [0, 0.05) is 30.4 Å². The summed E-state index contributed by atoms with van der Waals surface area (Å²) in [5.74, 6) is 0. The summed E-state index contributed by atoms with van der Waals surface area (Å²) in [6.07, 6.45) is 4.61. The number of rotatable bonds is 2. The topological polar surface area (TPSA) is 0 Å². The first-order chi connectivity index (χ1) is 4.86. The Bertz CT molecular complexity index is 202. The lowest BCUT2D eigenvalue weighted by molar-refractivity contribution is 1.56. The summed E-state index contributed by atoms with van der Waals surface area (Å²) in [6, 6.07) is 7.90. The lowest BCUT2D eigenvalue weighted by Crippen LogP contribution is -1.73. The van der Waals surface area contributed by atoms with Crippen LogP contribution >= 0.6 is 0 Å². The molecule has 1 rings (SSSR count). The molecule has 0 atom stereocenters. The minimum absolute atomic E-state index is 1.02. The molecule has 0 saturated carbocycles. The van der Waals surface area contributed by atoms with E-state index in [2.05, 4.69) is 19.2 Å². The molecule has 0 heteroatoms. The van der Waals surface area contributed by atoms with Crippen molar-refractivity contribution in [2.24, 2.45) is 0 Å². The molecule has 0 nitrogen and oxygen atoms in total. The Kier molecular flexibility index (Phi) is 1.99. The Morgan fingerprint density at radius 1 is 1.20 bits per heavy atom. The maximum absolute atomic E-state index is 3.65. The van der Waals surface area contributed by atoms with E-state index in [1.165, 1.54) is 0 Å².